The Balaban J connectivity index is 1.59. The highest BCUT2D eigenvalue weighted by Crippen LogP contribution is 2.31. The van der Waals surface area contributed by atoms with Gasteiger partial charge in [-0.2, -0.15) is 0 Å². The van der Waals surface area contributed by atoms with Gasteiger partial charge in [0.05, 0.1) is 4.92 Å². The molecular weight excluding hydrogens is 348 g/mol. The molecule has 0 spiro atoms. The second-order valence-corrected chi connectivity index (χ2v) is 6.16. The number of hydrogen-bond donors (Lipinski definition) is 1. The molecule has 3 rings (SSSR count). The van der Waals surface area contributed by atoms with E-state index in [1.165, 1.54) is 12.1 Å². The SMILES string of the molecule is CN=C(NCc1ccc([N+](=O)[O-])cc1)N(C)Cc1ccc2c(c1)OCCO2. The molecule has 2 aromatic carbocycles. The molecule has 2 aromatic rings. The second kappa shape index (κ2) is 8.39. The number of fused-ring (bicyclic) bond motifs is 1. The molecule has 8 heteroatoms. The fraction of sp³-hybridized carbons (Fsp3) is 0.316. The van der Waals surface area contributed by atoms with Crippen LogP contribution in [-0.2, 0) is 13.1 Å². The Morgan fingerprint density at radius 2 is 1.81 bits per heavy atom. The lowest BCUT2D eigenvalue weighted by Crippen LogP contribution is -2.38. The van der Waals surface area contributed by atoms with E-state index in [0.717, 1.165) is 28.6 Å². The van der Waals surface area contributed by atoms with E-state index in [2.05, 4.69) is 10.3 Å². The number of nitro groups is 1. The van der Waals surface area contributed by atoms with Crippen molar-refractivity contribution in [2.75, 3.05) is 27.3 Å². The Morgan fingerprint density at radius 3 is 2.48 bits per heavy atom. The second-order valence-electron chi connectivity index (χ2n) is 6.16. The summed E-state index contributed by atoms with van der Waals surface area (Å²) in [4.78, 5) is 16.6. The molecular formula is C19H22N4O4. The lowest BCUT2D eigenvalue weighted by molar-refractivity contribution is -0.384. The molecule has 0 aromatic heterocycles. The number of hydrogen-bond acceptors (Lipinski definition) is 5. The largest absolute Gasteiger partial charge is 0.486 e. The maximum absolute atomic E-state index is 10.7. The van der Waals surface area contributed by atoms with Crippen LogP contribution in [0.2, 0.25) is 0 Å². The van der Waals surface area contributed by atoms with Crippen LogP contribution in [0.5, 0.6) is 11.5 Å². The van der Waals surface area contributed by atoms with E-state index >= 15 is 0 Å². The van der Waals surface area contributed by atoms with E-state index in [0.29, 0.717) is 26.3 Å². The first kappa shape index (κ1) is 18.5. The van der Waals surface area contributed by atoms with E-state index in [4.69, 9.17) is 9.47 Å². The predicted molar refractivity (Wildman–Crippen MR) is 102 cm³/mol. The highest BCUT2D eigenvalue weighted by atomic mass is 16.6. The summed E-state index contributed by atoms with van der Waals surface area (Å²) >= 11 is 0. The molecule has 1 aliphatic heterocycles. The molecule has 0 amide bonds. The number of benzene rings is 2. The minimum absolute atomic E-state index is 0.0823. The number of guanidine groups is 1. The fourth-order valence-corrected chi connectivity index (χ4v) is 2.84. The van der Waals surface area contributed by atoms with Crippen molar-refractivity contribution in [3.63, 3.8) is 0 Å². The first-order valence-corrected chi connectivity index (χ1v) is 8.60. The van der Waals surface area contributed by atoms with Gasteiger partial charge in [0, 0.05) is 39.3 Å². The molecule has 0 radical (unpaired) electrons. The highest BCUT2D eigenvalue weighted by molar-refractivity contribution is 5.79. The highest BCUT2D eigenvalue weighted by Gasteiger charge is 2.13. The Hall–Kier alpha value is -3.29. The van der Waals surface area contributed by atoms with Crippen molar-refractivity contribution >= 4 is 11.6 Å². The number of ether oxygens (including phenoxy) is 2. The van der Waals surface area contributed by atoms with Gasteiger partial charge >= 0.3 is 0 Å². The molecule has 1 N–H and O–H groups in total. The summed E-state index contributed by atoms with van der Waals surface area (Å²) in [6.07, 6.45) is 0. The van der Waals surface area contributed by atoms with Crippen molar-refractivity contribution in [2.45, 2.75) is 13.1 Å². The average molecular weight is 370 g/mol. The average Bonchev–Trinajstić information content (AvgIpc) is 2.68. The number of nitrogens with zero attached hydrogens (tertiary/aromatic N) is 3. The zero-order chi connectivity index (χ0) is 19.2. The topological polar surface area (TPSA) is 89.2 Å². The quantitative estimate of drug-likeness (QED) is 0.377. The van der Waals surface area contributed by atoms with Gasteiger partial charge < -0.3 is 19.7 Å². The van der Waals surface area contributed by atoms with Gasteiger partial charge in [-0.25, -0.2) is 0 Å². The van der Waals surface area contributed by atoms with Crippen LogP contribution in [0.15, 0.2) is 47.5 Å². The molecule has 142 valence electrons. The van der Waals surface area contributed by atoms with Gasteiger partial charge in [0.15, 0.2) is 17.5 Å². The van der Waals surface area contributed by atoms with Crippen LogP contribution in [0.25, 0.3) is 0 Å². The van der Waals surface area contributed by atoms with Gasteiger partial charge in [-0.05, 0) is 23.3 Å². The van der Waals surface area contributed by atoms with E-state index in [1.807, 2.05) is 30.1 Å². The van der Waals surface area contributed by atoms with E-state index in [-0.39, 0.29) is 5.69 Å². The fourth-order valence-electron chi connectivity index (χ4n) is 2.84. The van der Waals surface area contributed by atoms with Crippen LogP contribution in [0.4, 0.5) is 5.69 Å². The van der Waals surface area contributed by atoms with Gasteiger partial charge in [0.1, 0.15) is 13.2 Å². The minimum Gasteiger partial charge on any atom is -0.486 e. The molecule has 0 saturated carbocycles. The number of nitrogens with one attached hydrogen (secondary N) is 1. The zero-order valence-electron chi connectivity index (χ0n) is 15.3. The summed E-state index contributed by atoms with van der Waals surface area (Å²) in [6.45, 7) is 2.31. The molecule has 0 bridgehead atoms. The van der Waals surface area contributed by atoms with Crippen LogP contribution in [0.3, 0.4) is 0 Å². The first-order valence-electron chi connectivity index (χ1n) is 8.60. The summed E-state index contributed by atoms with van der Waals surface area (Å²) in [5.41, 5.74) is 2.10. The summed E-state index contributed by atoms with van der Waals surface area (Å²) in [5, 5.41) is 14.0. The Bertz CT molecular complexity index is 836. The number of nitro benzene ring substituents is 1. The number of rotatable bonds is 5. The normalized spacial score (nSPS) is 13.2. The van der Waals surface area contributed by atoms with Crippen molar-refractivity contribution in [1.82, 2.24) is 10.2 Å². The molecule has 0 atom stereocenters. The predicted octanol–water partition coefficient (Wildman–Crippen LogP) is 2.57. The number of aliphatic imine (C=N–C) groups is 1. The lowest BCUT2D eigenvalue weighted by atomic mass is 10.2. The van der Waals surface area contributed by atoms with Crippen LogP contribution in [-0.4, -0.2) is 43.1 Å². The monoisotopic (exact) mass is 370 g/mol. The van der Waals surface area contributed by atoms with Crippen LogP contribution < -0.4 is 14.8 Å². The van der Waals surface area contributed by atoms with Crippen molar-refractivity contribution in [3.05, 3.63) is 63.7 Å². The molecule has 8 nitrogen and oxygen atoms in total. The molecule has 0 saturated heterocycles. The molecule has 0 unspecified atom stereocenters. The van der Waals surface area contributed by atoms with E-state index in [1.54, 1.807) is 19.2 Å². The molecule has 1 aliphatic rings. The Kier molecular flexibility index (Phi) is 5.75. The van der Waals surface area contributed by atoms with Crippen molar-refractivity contribution in [2.24, 2.45) is 4.99 Å². The maximum atomic E-state index is 10.7. The van der Waals surface area contributed by atoms with Crippen molar-refractivity contribution in [3.8, 4) is 11.5 Å². The molecule has 1 heterocycles. The Morgan fingerprint density at radius 1 is 1.15 bits per heavy atom. The molecule has 27 heavy (non-hydrogen) atoms. The van der Waals surface area contributed by atoms with Gasteiger partial charge in [-0.15, -0.1) is 0 Å². The van der Waals surface area contributed by atoms with E-state index in [9.17, 15) is 10.1 Å². The molecule has 0 aliphatic carbocycles. The van der Waals surface area contributed by atoms with Crippen LogP contribution in [0.1, 0.15) is 11.1 Å². The smallest absolute Gasteiger partial charge is 0.269 e. The van der Waals surface area contributed by atoms with Crippen molar-refractivity contribution < 1.29 is 14.4 Å². The van der Waals surface area contributed by atoms with E-state index < -0.39 is 4.92 Å². The van der Waals surface area contributed by atoms with Crippen LogP contribution >= 0.6 is 0 Å². The summed E-state index contributed by atoms with van der Waals surface area (Å²) in [6, 6.07) is 12.4. The number of non-ortho nitro benzene ring substituents is 1. The summed E-state index contributed by atoms with van der Waals surface area (Å²) in [7, 11) is 3.67. The zero-order valence-corrected chi connectivity index (χ0v) is 15.3. The Labute approximate surface area is 157 Å². The third-order valence-electron chi connectivity index (χ3n) is 4.20. The third kappa shape index (κ3) is 4.66. The van der Waals surface area contributed by atoms with Gasteiger partial charge in [-0.3, -0.25) is 15.1 Å². The van der Waals surface area contributed by atoms with Crippen molar-refractivity contribution in [1.29, 1.82) is 0 Å². The van der Waals surface area contributed by atoms with Crippen LogP contribution in [0, 0.1) is 10.1 Å². The maximum Gasteiger partial charge on any atom is 0.269 e. The third-order valence-corrected chi connectivity index (χ3v) is 4.20. The standard InChI is InChI=1S/C19H22N4O4/c1-20-19(21-12-14-3-6-16(7-4-14)23(24)25)22(2)13-15-5-8-17-18(11-15)27-10-9-26-17/h3-8,11H,9-10,12-13H2,1-2H3,(H,20,21). The summed E-state index contributed by atoms with van der Waals surface area (Å²) in [5.74, 6) is 2.26. The first-order chi connectivity index (χ1) is 13.1. The van der Waals surface area contributed by atoms with Gasteiger partial charge in [0.2, 0.25) is 0 Å². The lowest BCUT2D eigenvalue weighted by Gasteiger charge is -2.24. The van der Waals surface area contributed by atoms with Gasteiger partial charge in [0.25, 0.3) is 5.69 Å². The summed E-state index contributed by atoms with van der Waals surface area (Å²) < 4.78 is 11.2. The van der Waals surface area contributed by atoms with Gasteiger partial charge in [-0.1, -0.05) is 18.2 Å². The molecule has 0 fully saturated rings. The minimum atomic E-state index is -0.406.